The molecule has 0 N–H and O–H groups in total. The Morgan fingerprint density at radius 3 is 2.21 bits per heavy atom. The zero-order valence-corrected chi connectivity index (χ0v) is 19.8. The summed E-state index contributed by atoms with van der Waals surface area (Å²) in [5.41, 5.74) is 2.37. The van der Waals surface area contributed by atoms with Crippen LogP contribution in [-0.4, -0.2) is 34.3 Å². The average Bonchev–Trinajstić information content (AvgIpc) is 3.11. The van der Waals surface area contributed by atoms with E-state index in [1.54, 1.807) is 0 Å². The first-order valence-electron chi connectivity index (χ1n) is 9.88. The number of anilines is 1. The van der Waals surface area contributed by atoms with Crippen molar-refractivity contribution in [3.63, 3.8) is 0 Å². The number of hydrogen-bond donors (Lipinski definition) is 0. The van der Waals surface area contributed by atoms with Crippen LogP contribution in [0.15, 0.2) is 36.4 Å². The fraction of sp³-hybridized carbons (Fsp3) is 0.435. The standard InChI is InChI=1S/C23H33NO2SSi/c1-7-24(16-17-26-28(5,6)23(2,3)4)20-11-8-19(9-12-20)10-13-21-14-15-22(18-25)27-21/h8-15,18H,7,16-17H2,1-6H3/b13-10+. The fourth-order valence-corrected chi connectivity index (χ4v) is 4.36. The van der Waals surface area contributed by atoms with Crippen LogP contribution in [0.2, 0.25) is 18.1 Å². The molecule has 2 rings (SSSR count). The van der Waals surface area contributed by atoms with E-state index in [9.17, 15) is 4.79 Å². The van der Waals surface area contributed by atoms with Gasteiger partial charge in [0.25, 0.3) is 0 Å². The van der Waals surface area contributed by atoms with E-state index >= 15 is 0 Å². The van der Waals surface area contributed by atoms with Crippen LogP contribution in [-0.2, 0) is 4.43 Å². The Morgan fingerprint density at radius 2 is 1.68 bits per heavy atom. The van der Waals surface area contributed by atoms with Crippen molar-refractivity contribution >= 4 is 43.8 Å². The summed E-state index contributed by atoms with van der Waals surface area (Å²) in [6.07, 6.45) is 5.03. The van der Waals surface area contributed by atoms with Gasteiger partial charge in [-0.25, -0.2) is 0 Å². The summed E-state index contributed by atoms with van der Waals surface area (Å²) < 4.78 is 6.33. The van der Waals surface area contributed by atoms with Gasteiger partial charge in [0.05, 0.1) is 11.5 Å². The maximum atomic E-state index is 10.8. The molecule has 0 amide bonds. The van der Waals surface area contributed by atoms with Gasteiger partial charge in [-0.2, -0.15) is 0 Å². The minimum absolute atomic E-state index is 0.243. The Labute approximate surface area is 175 Å². The van der Waals surface area contributed by atoms with Gasteiger partial charge in [0, 0.05) is 23.7 Å². The zero-order chi connectivity index (χ0) is 20.8. The molecule has 0 fully saturated rings. The quantitative estimate of drug-likeness (QED) is 0.342. The van der Waals surface area contributed by atoms with Crippen molar-refractivity contribution in [3.8, 4) is 0 Å². The SMILES string of the molecule is CCN(CCO[Si](C)(C)C(C)(C)C)c1ccc(/C=C/c2ccc(C=O)s2)cc1. The molecule has 3 nitrogen and oxygen atoms in total. The van der Waals surface area contributed by atoms with Gasteiger partial charge < -0.3 is 9.33 Å². The summed E-state index contributed by atoms with van der Waals surface area (Å²) in [7, 11) is -1.70. The molecule has 0 aliphatic heterocycles. The Morgan fingerprint density at radius 1 is 1.04 bits per heavy atom. The second-order valence-corrected chi connectivity index (χ2v) is 14.4. The van der Waals surface area contributed by atoms with E-state index in [1.807, 2.05) is 12.1 Å². The van der Waals surface area contributed by atoms with E-state index in [4.69, 9.17) is 4.43 Å². The van der Waals surface area contributed by atoms with Crippen molar-refractivity contribution in [2.24, 2.45) is 0 Å². The van der Waals surface area contributed by atoms with Crippen molar-refractivity contribution in [3.05, 3.63) is 51.7 Å². The molecule has 0 saturated heterocycles. The van der Waals surface area contributed by atoms with Crippen molar-refractivity contribution in [2.45, 2.75) is 45.8 Å². The zero-order valence-electron chi connectivity index (χ0n) is 18.0. The van der Waals surface area contributed by atoms with Crippen LogP contribution in [0, 0.1) is 0 Å². The number of likely N-dealkylation sites (N-methyl/N-ethyl adjacent to an activating group) is 1. The number of aldehydes is 1. The molecule has 0 radical (unpaired) electrons. The number of thiophene rings is 1. The molecule has 0 spiro atoms. The van der Waals surface area contributed by atoms with Crippen LogP contribution in [0.4, 0.5) is 5.69 Å². The molecule has 152 valence electrons. The van der Waals surface area contributed by atoms with Crippen molar-refractivity contribution < 1.29 is 9.22 Å². The molecule has 1 heterocycles. The molecule has 1 aromatic carbocycles. The van der Waals surface area contributed by atoms with E-state index in [-0.39, 0.29) is 5.04 Å². The third-order valence-corrected chi connectivity index (χ3v) is 11.0. The normalized spacial score (nSPS) is 12.5. The number of benzene rings is 1. The Hall–Kier alpha value is -1.69. The lowest BCUT2D eigenvalue weighted by atomic mass is 10.1. The lowest BCUT2D eigenvalue weighted by molar-refractivity contribution is 0.112. The smallest absolute Gasteiger partial charge is 0.192 e. The van der Waals surface area contributed by atoms with E-state index in [0.29, 0.717) is 0 Å². The molecule has 0 saturated carbocycles. The van der Waals surface area contributed by atoms with Gasteiger partial charge in [-0.3, -0.25) is 4.79 Å². The Kier molecular flexibility index (Phi) is 7.81. The molecule has 5 heteroatoms. The average molecular weight is 416 g/mol. The molecule has 28 heavy (non-hydrogen) atoms. The maximum Gasteiger partial charge on any atom is 0.192 e. The third-order valence-electron chi connectivity index (χ3n) is 5.47. The van der Waals surface area contributed by atoms with Gasteiger partial charge in [-0.05, 0) is 61.0 Å². The highest BCUT2D eigenvalue weighted by Gasteiger charge is 2.36. The highest BCUT2D eigenvalue weighted by molar-refractivity contribution is 7.14. The van der Waals surface area contributed by atoms with E-state index in [1.165, 1.54) is 17.0 Å². The second kappa shape index (κ2) is 9.68. The first kappa shape index (κ1) is 22.6. The molecule has 0 bridgehead atoms. The van der Waals surface area contributed by atoms with Gasteiger partial charge in [-0.15, -0.1) is 11.3 Å². The molecular formula is C23H33NO2SSi. The molecule has 2 aromatic rings. The predicted molar refractivity (Wildman–Crippen MR) is 126 cm³/mol. The summed E-state index contributed by atoms with van der Waals surface area (Å²) in [4.78, 5) is 15.0. The number of hydrogen-bond acceptors (Lipinski definition) is 4. The first-order valence-corrected chi connectivity index (χ1v) is 13.6. The van der Waals surface area contributed by atoms with Gasteiger partial charge in [0.15, 0.2) is 14.6 Å². The van der Waals surface area contributed by atoms with Gasteiger partial charge in [0.2, 0.25) is 0 Å². The van der Waals surface area contributed by atoms with Crippen LogP contribution >= 0.6 is 11.3 Å². The summed E-state index contributed by atoms with van der Waals surface area (Å²) >= 11 is 1.50. The summed E-state index contributed by atoms with van der Waals surface area (Å²) in [5.74, 6) is 0. The van der Waals surface area contributed by atoms with E-state index in [0.717, 1.165) is 41.3 Å². The molecule has 0 unspecified atom stereocenters. The van der Waals surface area contributed by atoms with Crippen molar-refractivity contribution in [2.75, 3.05) is 24.6 Å². The number of carbonyl (C=O) groups excluding carboxylic acids is 1. The summed E-state index contributed by atoms with van der Waals surface area (Å²) in [6, 6.07) is 12.4. The Balaban J connectivity index is 1.95. The van der Waals surface area contributed by atoms with Crippen LogP contribution in [0.1, 0.15) is 47.8 Å². The lowest BCUT2D eigenvalue weighted by Crippen LogP contribution is -2.42. The monoisotopic (exact) mass is 415 g/mol. The minimum Gasteiger partial charge on any atom is -0.415 e. The van der Waals surface area contributed by atoms with Crippen LogP contribution in [0.25, 0.3) is 12.2 Å². The Bertz CT molecular complexity index is 788. The highest BCUT2D eigenvalue weighted by atomic mass is 32.1. The molecular weight excluding hydrogens is 382 g/mol. The van der Waals surface area contributed by atoms with Gasteiger partial charge >= 0.3 is 0 Å². The molecule has 0 atom stereocenters. The molecule has 1 aromatic heterocycles. The minimum atomic E-state index is -1.70. The van der Waals surface area contributed by atoms with Crippen molar-refractivity contribution in [1.82, 2.24) is 0 Å². The van der Waals surface area contributed by atoms with Gasteiger partial charge in [0.1, 0.15) is 0 Å². The molecule has 0 aliphatic carbocycles. The first-order chi connectivity index (χ1) is 13.2. The third kappa shape index (κ3) is 6.16. The van der Waals surface area contributed by atoms with E-state index in [2.05, 4.69) is 82.1 Å². The van der Waals surface area contributed by atoms with Crippen LogP contribution < -0.4 is 4.90 Å². The molecule has 0 aliphatic rings. The van der Waals surface area contributed by atoms with Crippen molar-refractivity contribution in [1.29, 1.82) is 0 Å². The summed E-state index contributed by atoms with van der Waals surface area (Å²) in [6.45, 7) is 16.2. The predicted octanol–water partition coefficient (Wildman–Crippen LogP) is 6.58. The topological polar surface area (TPSA) is 29.5 Å². The largest absolute Gasteiger partial charge is 0.415 e. The fourth-order valence-electron chi connectivity index (χ4n) is 2.59. The van der Waals surface area contributed by atoms with Gasteiger partial charge in [-0.1, -0.05) is 39.0 Å². The lowest BCUT2D eigenvalue weighted by Gasteiger charge is -2.37. The number of rotatable bonds is 9. The maximum absolute atomic E-state index is 10.8. The highest BCUT2D eigenvalue weighted by Crippen LogP contribution is 2.36. The van der Waals surface area contributed by atoms with Crippen LogP contribution in [0.5, 0.6) is 0 Å². The number of nitrogens with zero attached hydrogens (tertiary/aromatic N) is 1. The van der Waals surface area contributed by atoms with Crippen LogP contribution in [0.3, 0.4) is 0 Å². The summed E-state index contributed by atoms with van der Waals surface area (Å²) in [5, 5.41) is 0.243. The van der Waals surface area contributed by atoms with E-state index < -0.39 is 8.32 Å². The second-order valence-electron chi connectivity index (χ2n) is 8.47. The number of carbonyl (C=O) groups is 1.